The maximum atomic E-state index is 13.0. The third-order valence-corrected chi connectivity index (χ3v) is 4.09. The molecule has 8 nitrogen and oxygen atoms in total. The predicted octanol–water partition coefficient (Wildman–Crippen LogP) is 2.32. The largest absolute Gasteiger partial charge is 0.416 e. The van der Waals surface area contributed by atoms with Crippen LogP contribution in [0.2, 0.25) is 0 Å². The van der Waals surface area contributed by atoms with Crippen molar-refractivity contribution in [3.05, 3.63) is 63.7 Å². The van der Waals surface area contributed by atoms with Crippen molar-refractivity contribution >= 4 is 22.9 Å². The van der Waals surface area contributed by atoms with Crippen molar-refractivity contribution in [2.75, 3.05) is 0 Å². The molecule has 4 rings (SSSR count). The second-order valence-corrected chi connectivity index (χ2v) is 5.74. The molecular formula is C16H11F3N6O2. The third kappa shape index (κ3) is 2.82. The fourth-order valence-corrected chi connectivity index (χ4v) is 2.95. The molecule has 4 aromatic rings. The molecule has 3 N–H and O–H groups in total. The van der Waals surface area contributed by atoms with Crippen LogP contribution in [0.3, 0.4) is 0 Å². The number of rotatable bonds is 3. The Kier molecular flexibility index (Phi) is 3.72. The van der Waals surface area contributed by atoms with Gasteiger partial charge in [0.05, 0.1) is 28.5 Å². The minimum absolute atomic E-state index is 0.00732. The van der Waals surface area contributed by atoms with Gasteiger partial charge >= 0.3 is 6.18 Å². The number of alkyl halides is 3. The lowest BCUT2D eigenvalue weighted by atomic mass is 10.1. The summed E-state index contributed by atoms with van der Waals surface area (Å²) in [6, 6.07) is 3.05. The van der Waals surface area contributed by atoms with Gasteiger partial charge in [0.2, 0.25) is 5.65 Å². The number of benzene rings is 1. The molecule has 0 saturated heterocycles. The molecule has 0 aliphatic carbocycles. The number of hydrogen-bond acceptors (Lipinski definition) is 5. The molecule has 0 radical (unpaired) electrons. The Morgan fingerprint density at radius 3 is 2.81 bits per heavy atom. The summed E-state index contributed by atoms with van der Waals surface area (Å²) in [5.74, 6) is 0.546. The third-order valence-electron chi connectivity index (χ3n) is 4.09. The van der Waals surface area contributed by atoms with Crippen molar-refractivity contribution in [3.63, 3.8) is 0 Å². The molecule has 0 amide bonds. The molecule has 3 heterocycles. The minimum atomic E-state index is -4.54. The summed E-state index contributed by atoms with van der Waals surface area (Å²) in [4.78, 5) is 26.0. The molecular weight excluding hydrogens is 365 g/mol. The van der Waals surface area contributed by atoms with Gasteiger partial charge in [-0.15, -0.1) is 0 Å². The van der Waals surface area contributed by atoms with Crippen LogP contribution < -0.4 is 5.56 Å². The van der Waals surface area contributed by atoms with E-state index in [9.17, 15) is 18.0 Å². The Morgan fingerprint density at radius 2 is 2.15 bits per heavy atom. The van der Waals surface area contributed by atoms with Crippen molar-refractivity contribution in [2.45, 2.75) is 12.6 Å². The summed E-state index contributed by atoms with van der Waals surface area (Å²) < 4.78 is 40.4. The minimum Gasteiger partial charge on any atom is -0.411 e. The van der Waals surface area contributed by atoms with Gasteiger partial charge in [0.15, 0.2) is 0 Å². The van der Waals surface area contributed by atoms with E-state index >= 15 is 0 Å². The second-order valence-electron chi connectivity index (χ2n) is 5.74. The highest BCUT2D eigenvalue weighted by atomic mass is 19.4. The van der Waals surface area contributed by atoms with Crippen LogP contribution in [0.1, 0.15) is 22.8 Å². The summed E-state index contributed by atoms with van der Waals surface area (Å²) in [6.45, 7) is 0. The Labute approximate surface area is 148 Å². The van der Waals surface area contributed by atoms with E-state index in [4.69, 9.17) is 5.21 Å². The molecule has 1 aromatic carbocycles. The van der Waals surface area contributed by atoms with Crippen LogP contribution in [0.25, 0.3) is 16.7 Å². The lowest BCUT2D eigenvalue weighted by Crippen LogP contribution is -2.13. The van der Waals surface area contributed by atoms with Crippen molar-refractivity contribution in [3.8, 4) is 0 Å². The molecule has 0 fully saturated rings. The first-order valence-electron chi connectivity index (χ1n) is 7.68. The molecule has 0 unspecified atom stereocenters. The normalized spacial score (nSPS) is 12.6. The lowest BCUT2D eigenvalue weighted by Gasteiger charge is -2.10. The Hall–Kier alpha value is -3.63. The smallest absolute Gasteiger partial charge is 0.411 e. The number of H-pyrrole nitrogens is 2. The summed E-state index contributed by atoms with van der Waals surface area (Å²) in [6.07, 6.45) is -0.145. The molecule has 0 aliphatic rings. The van der Waals surface area contributed by atoms with E-state index in [1.54, 1.807) is 12.4 Å². The summed E-state index contributed by atoms with van der Waals surface area (Å²) in [7, 11) is 0. The number of aromatic nitrogens is 5. The number of fused-ring (bicyclic) bond motifs is 3. The van der Waals surface area contributed by atoms with E-state index in [1.807, 2.05) is 0 Å². The van der Waals surface area contributed by atoms with Crippen molar-refractivity contribution < 1.29 is 18.4 Å². The van der Waals surface area contributed by atoms with Gasteiger partial charge in [-0.25, -0.2) is 9.97 Å². The first-order chi connectivity index (χ1) is 12.9. The SMILES string of the molecule is O=c1[nH]c2cc(C(F)(F)F)ccc2n2c(Cc3ncc[nH]3)c(C=NO)nc12. The molecule has 0 saturated carbocycles. The highest BCUT2D eigenvalue weighted by molar-refractivity contribution is 5.84. The number of nitrogens with zero attached hydrogens (tertiary/aromatic N) is 4. The van der Waals surface area contributed by atoms with Gasteiger partial charge in [0, 0.05) is 18.8 Å². The van der Waals surface area contributed by atoms with Crippen molar-refractivity contribution in [2.24, 2.45) is 5.16 Å². The second kappa shape index (κ2) is 5.97. The fraction of sp³-hybridized carbons (Fsp3) is 0.125. The van der Waals surface area contributed by atoms with Crippen LogP contribution in [0.4, 0.5) is 13.2 Å². The van der Waals surface area contributed by atoms with E-state index in [1.165, 1.54) is 10.5 Å². The van der Waals surface area contributed by atoms with Gasteiger partial charge in [-0.3, -0.25) is 9.20 Å². The Bertz CT molecular complexity index is 1220. The van der Waals surface area contributed by atoms with Crippen LogP contribution in [-0.4, -0.2) is 35.8 Å². The number of aromatic amines is 2. The zero-order valence-corrected chi connectivity index (χ0v) is 13.4. The van der Waals surface area contributed by atoms with Gasteiger partial charge in [-0.2, -0.15) is 13.2 Å². The summed E-state index contributed by atoms with van der Waals surface area (Å²) in [5.41, 5.74) is -0.605. The first-order valence-corrected chi connectivity index (χ1v) is 7.68. The van der Waals surface area contributed by atoms with E-state index in [0.29, 0.717) is 17.0 Å². The van der Waals surface area contributed by atoms with Crippen LogP contribution in [0.5, 0.6) is 0 Å². The van der Waals surface area contributed by atoms with Crippen LogP contribution in [-0.2, 0) is 12.6 Å². The van der Waals surface area contributed by atoms with Crippen LogP contribution >= 0.6 is 0 Å². The van der Waals surface area contributed by atoms with Gasteiger partial charge in [-0.05, 0) is 18.2 Å². The van der Waals surface area contributed by atoms with Crippen molar-refractivity contribution in [1.82, 2.24) is 24.3 Å². The topological polar surface area (TPSA) is 111 Å². The average Bonchev–Trinajstić information content (AvgIpc) is 3.24. The quantitative estimate of drug-likeness (QED) is 0.289. The first kappa shape index (κ1) is 16.8. The maximum Gasteiger partial charge on any atom is 0.416 e. The average molecular weight is 376 g/mol. The molecule has 0 atom stereocenters. The molecule has 0 spiro atoms. The van der Waals surface area contributed by atoms with E-state index in [-0.39, 0.29) is 23.3 Å². The zero-order valence-electron chi connectivity index (χ0n) is 13.4. The van der Waals surface area contributed by atoms with Crippen molar-refractivity contribution in [1.29, 1.82) is 0 Å². The van der Waals surface area contributed by atoms with Crippen LogP contribution in [0, 0.1) is 0 Å². The standard InChI is InChI=1S/C16H11F3N6O2/c17-16(18,19)8-1-2-11-9(5-8)24-15(26)14-23-10(7-22-27)12(25(11)14)6-13-20-3-4-21-13/h1-5,7,27H,6H2,(H,20,21)(H,24,26). The van der Waals surface area contributed by atoms with E-state index in [2.05, 4.69) is 25.1 Å². The van der Waals surface area contributed by atoms with Gasteiger partial charge in [0.25, 0.3) is 5.56 Å². The fourth-order valence-electron chi connectivity index (χ4n) is 2.95. The summed E-state index contributed by atoms with van der Waals surface area (Å²) >= 11 is 0. The molecule has 11 heteroatoms. The number of hydrogen-bond donors (Lipinski definition) is 3. The molecule has 3 aromatic heterocycles. The van der Waals surface area contributed by atoms with Crippen LogP contribution in [0.15, 0.2) is 40.5 Å². The monoisotopic (exact) mass is 376 g/mol. The highest BCUT2D eigenvalue weighted by Crippen LogP contribution is 2.31. The molecule has 138 valence electrons. The predicted molar refractivity (Wildman–Crippen MR) is 89.1 cm³/mol. The number of imidazole rings is 2. The van der Waals surface area contributed by atoms with E-state index in [0.717, 1.165) is 18.3 Å². The molecule has 27 heavy (non-hydrogen) atoms. The molecule has 0 bridgehead atoms. The highest BCUT2D eigenvalue weighted by Gasteiger charge is 2.31. The van der Waals surface area contributed by atoms with E-state index < -0.39 is 17.3 Å². The Balaban J connectivity index is 2.06. The molecule has 0 aliphatic heterocycles. The van der Waals surface area contributed by atoms with Gasteiger partial charge in [-0.1, -0.05) is 5.16 Å². The summed E-state index contributed by atoms with van der Waals surface area (Å²) in [5, 5.41) is 11.8. The number of nitrogens with one attached hydrogen (secondary N) is 2. The maximum absolute atomic E-state index is 13.0. The Morgan fingerprint density at radius 1 is 1.33 bits per heavy atom. The van der Waals surface area contributed by atoms with Gasteiger partial charge < -0.3 is 15.2 Å². The zero-order chi connectivity index (χ0) is 19.2. The number of oxime groups is 1. The van der Waals surface area contributed by atoms with Gasteiger partial charge in [0.1, 0.15) is 11.5 Å². The lowest BCUT2D eigenvalue weighted by molar-refractivity contribution is -0.137. The number of halogens is 3.